The van der Waals surface area contributed by atoms with Crippen molar-refractivity contribution in [2.24, 2.45) is 0 Å². The summed E-state index contributed by atoms with van der Waals surface area (Å²) in [6.45, 7) is 5.80. The van der Waals surface area contributed by atoms with Crippen LogP contribution in [0.1, 0.15) is 32.7 Å². The predicted molar refractivity (Wildman–Crippen MR) is 173 cm³/mol. The molecular weight excluding hydrogens is 584 g/mol. The van der Waals surface area contributed by atoms with E-state index in [0.29, 0.717) is 60.7 Å². The van der Waals surface area contributed by atoms with Gasteiger partial charge in [-0.25, -0.2) is 9.78 Å². The van der Waals surface area contributed by atoms with Gasteiger partial charge in [-0.3, -0.25) is 23.6 Å². The van der Waals surface area contributed by atoms with Crippen LogP contribution in [0.4, 0.5) is 5.82 Å². The number of hydrogen-bond acceptors (Lipinski definition) is 8. The fourth-order valence-corrected chi connectivity index (χ4v) is 6.31. The van der Waals surface area contributed by atoms with Crippen molar-refractivity contribution in [3.8, 4) is 23.3 Å². The fourth-order valence-electron chi connectivity index (χ4n) is 6.31. The number of ether oxygens (including phenoxy) is 1. The predicted octanol–water partition coefficient (Wildman–Crippen LogP) is 3.39. The lowest BCUT2D eigenvalue weighted by Gasteiger charge is -2.39. The van der Waals surface area contributed by atoms with Crippen LogP contribution in [0.5, 0.6) is 11.5 Å². The maximum Gasteiger partial charge on any atom is 0.334 e. The number of aromatic nitrogens is 3. The smallest absolute Gasteiger partial charge is 0.334 e. The minimum Gasteiger partial charge on any atom is -0.457 e. The number of amides is 2. The Balaban J connectivity index is 1.29. The topological polar surface area (TPSA) is 152 Å². The molecule has 4 heterocycles. The van der Waals surface area contributed by atoms with Crippen molar-refractivity contribution in [2.75, 3.05) is 38.5 Å². The number of fused-ring (bicyclic) bond motifs is 1. The van der Waals surface area contributed by atoms with Gasteiger partial charge in [0.05, 0.1) is 23.8 Å². The van der Waals surface area contributed by atoms with E-state index in [-0.39, 0.29) is 42.1 Å². The first-order valence-electron chi connectivity index (χ1n) is 15.3. The lowest BCUT2D eigenvalue weighted by Crippen LogP contribution is -2.55. The number of nitrogen functional groups attached to an aromatic ring is 1. The second-order valence-corrected chi connectivity index (χ2v) is 12.1. The Hall–Kier alpha value is -5.41. The minimum atomic E-state index is -0.690. The number of nitrogens with one attached hydrogen (secondary N) is 1. The molecule has 12 nitrogen and oxygen atoms in total. The van der Waals surface area contributed by atoms with E-state index < -0.39 is 11.4 Å². The highest BCUT2D eigenvalue weighted by atomic mass is 16.5. The van der Waals surface area contributed by atoms with Crippen LogP contribution in [0.2, 0.25) is 0 Å². The summed E-state index contributed by atoms with van der Waals surface area (Å²) < 4.78 is 9.16. The number of piperazine rings is 1. The molecule has 2 amide bonds. The Morgan fingerprint density at radius 1 is 1.09 bits per heavy atom. The van der Waals surface area contributed by atoms with Crippen LogP contribution in [0, 0.1) is 11.3 Å². The number of carbonyl (C=O) groups is 2. The van der Waals surface area contributed by atoms with Crippen molar-refractivity contribution in [1.82, 2.24) is 29.2 Å². The van der Waals surface area contributed by atoms with Gasteiger partial charge in [0.15, 0.2) is 0 Å². The molecule has 2 saturated heterocycles. The number of benzene rings is 2. The molecule has 0 radical (unpaired) electrons. The van der Waals surface area contributed by atoms with E-state index in [0.717, 1.165) is 0 Å². The van der Waals surface area contributed by atoms with Crippen LogP contribution in [0.15, 0.2) is 83.3 Å². The first-order valence-corrected chi connectivity index (χ1v) is 15.3. The lowest BCUT2D eigenvalue weighted by molar-refractivity contribution is -0.128. The molecule has 0 aliphatic carbocycles. The van der Waals surface area contributed by atoms with E-state index in [9.17, 15) is 19.6 Å². The SMILES string of the molecule is CC(C)(C=C(C#N)C(=O)N1CCC[C@@H](n2c(=O)n(-c3ccc(Oc4ccccc4)cc3)c3c(N)nccc32)C1)N1CCNC(=O)C1. The molecule has 0 spiro atoms. The van der Waals surface area contributed by atoms with Gasteiger partial charge in [0.2, 0.25) is 5.91 Å². The Morgan fingerprint density at radius 3 is 2.54 bits per heavy atom. The second kappa shape index (κ2) is 12.5. The first kappa shape index (κ1) is 30.6. The summed E-state index contributed by atoms with van der Waals surface area (Å²) in [6, 6.07) is 20.1. The van der Waals surface area contributed by atoms with Crippen molar-refractivity contribution >= 4 is 28.7 Å². The monoisotopic (exact) mass is 620 g/mol. The number of rotatable bonds is 7. The molecule has 2 fully saturated rings. The van der Waals surface area contributed by atoms with Crippen molar-refractivity contribution in [3.63, 3.8) is 0 Å². The molecule has 1 atom stereocenters. The summed E-state index contributed by atoms with van der Waals surface area (Å²) >= 11 is 0. The Bertz CT molecular complexity index is 1900. The van der Waals surface area contributed by atoms with E-state index in [4.69, 9.17) is 10.5 Å². The van der Waals surface area contributed by atoms with Gasteiger partial charge >= 0.3 is 5.69 Å². The van der Waals surface area contributed by atoms with E-state index in [1.807, 2.05) is 49.1 Å². The average Bonchev–Trinajstić information content (AvgIpc) is 3.37. The fraction of sp³-hybridized carbons (Fsp3) is 0.324. The number of nitrogens with zero attached hydrogens (tertiary/aromatic N) is 6. The van der Waals surface area contributed by atoms with Gasteiger partial charge in [-0.15, -0.1) is 0 Å². The van der Waals surface area contributed by atoms with E-state index in [2.05, 4.69) is 16.4 Å². The van der Waals surface area contributed by atoms with Gasteiger partial charge in [-0.1, -0.05) is 18.2 Å². The number of carbonyl (C=O) groups excluding carboxylic acids is 2. The standard InChI is InChI=1S/C34H36N8O4/c1-34(2,40-18-16-37-29(43)22-40)19-23(20-35)32(44)39-17-6-7-25(21-39)41-28-14-15-38-31(36)30(28)42(33(41)45)24-10-12-27(13-11-24)46-26-8-4-3-5-9-26/h3-5,8-15,19,25H,6-7,16-18,21-22H2,1-2H3,(H2,36,38)(H,37,43)/t25-/m1/s1. The zero-order valence-electron chi connectivity index (χ0n) is 25.8. The molecule has 0 saturated carbocycles. The summed E-state index contributed by atoms with van der Waals surface area (Å²) in [6.07, 6.45) is 4.53. The van der Waals surface area contributed by atoms with E-state index in [1.54, 1.807) is 56.6 Å². The number of nitriles is 1. The van der Waals surface area contributed by atoms with E-state index in [1.165, 1.54) is 0 Å². The summed E-state index contributed by atoms with van der Waals surface area (Å²) in [4.78, 5) is 47.7. The summed E-state index contributed by atoms with van der Waals surface area (Å²) in [5, 5.41) is 12.8. The number of para-hydroxylation sites is 1. The molecule has 2 aromatic carbocycles. The third-order valence-electron chi connectivity index (χ3n) is 8.64. The maximum atomic E-state index is 14.2. The highest BCUT2D eigenvalue weighted by molar-refractivity contribution is 5.97. The third kappa shape index (κ3) is 5.97. The van der Waals surface area contributed by atoms with Gasteiger partial charge in [-0.2, -0.15) is 5.26 Å². The van der Waals surface area contributed by atoms with Gasteiger partial charge in [-0.05, 0) is 75.2 Å². The number of pyridine rings is 1. The molecule has 3 N–H and O–H groups in total. The number of likely N-dealkylation sites (tertiary alicyclic amines) is 1. The maximum absolute atomic E-state index is 14.2. The highest BCUT2D eigenvalue weighted by Crippen LogP contribution is 2.30. The molecule has 2 aliphatic heterocycles. The molecule has 0 bridgehead atoms. The van der Waals surface area contributed by atoms with Gasteiger partial charge in [0.1, 0.15) is 34.5 Å². The summed E-state index contributed by atoms with van der Waals surface area (Å²) in [5.74, 6) is 1.05. The largest absolute Gasteiger partial charge is 0.457 e. The molecule has 2 aromatic heterocycles. The molecule has 46 heavy (non-hydrogen) atoms. The van der Waals surface area contributed by atoms with Gasteiger partial charge in [0.25, 0.3) is 5.91 Å². The van der Waals surface area contributed by atoms with Crippen LogP contribution < -0.4 is 21.5 Å². The Morgan fingerprint density at radius 2 is 1.83 bits per heavy atom. The zero-order valence-corrected chi connectivity index (χ0v) is 25.8. The molecule has 6 rings (SSSR count). The molecule has 236 valence electrons. The Kier molecular flexibility index (Phi) is 8.34. The van der Waals surface area contributed by atoms with Crippen LogP contribution in [0.25, 0.3) is 16.7 Å². The molecular formula is C34H36N8O4. The summed E-state index contributed by atoms with van der Waals surface area (Å²) in [7, 11) is 0. The first-order chi connectivity index (χ1) is 22.2. The molecule has 4 aromatic rings. The van der Waals surface area contributed by atoms with Crippen LogP contribution in [0.3, 0.4) is 0 Å². The van der Waals surface area contributed by atoms with Gasteiger partial charge in [0, 0.05) is 37.9 Å². The number of anilines is 1. The van der Waals surface area contributed by atoms with Crippen LogP contribution in [-0.4, -0.2) is 74.0 Å². The number of imidazole rings is 1. The van der Waals surface area contributed by atoms with Crippen molar-refractivity contribution in [3.05, 3.63) is 89.0 Å². The zero-order chi connectivity index (χ0) is 32.4. The molecule has 0 unspecified atom stereocenters. The molecule has 2 aliphatic rings. The summed E-state index contributed by atoms with van der Waals surface area (Å²) in [5.41, 5.74) is 7.07. The Labute approximate surface area is 266 Å². The van der Waals surface area contributed by atoms with Crippen LogP contribution >= 0.6 is 0 Å². The van der Waals surface area contributed by atoms with Crippen molar-refractivity contribution in [2.45, 2.75) is 38.3 Å². The molecule has 12 heteroatoms. The third-order valence-corrected chi connectivity index (χ3v) is 8.64. The average molecular weight is 621 g/mol. The number of hydrogen-bond donors (Lipinski definition) is 2. The van der Waals surface area contributed by atoms with Gasteiger partial charge < -0.3 is 20.7 Å². The second-order valence-electron chi connectivity index (χ2n) is 12.1. The van der Waals surface area contributed by atoms with E-state index >= 15 is 0 Å². The lowest BCUT2D eigenvalue weighted by atomic mass is 9.96. The van der Waals surface area contributed by atoms with Crippen molar-refractivity contribution < 1.29 is 14.3 Å². The quantitative estimate of drug-likeness (QED) is 0.236. The highest BCUT2D eigenvalue weighted by Gasteiger charge is 2.34. The normalized spacial score (nSPS) is 17.8. The van der Waals surface area contributed by atoms with Crippen molar-refractivity contribution in [1.29, 1.82) is 5.26 Å². The minimum absolute atomic E-state index is 0.0117. The number of piperidine rings is 1. The van der Waals surface area contributed by atoms with Crippen LogP contribution in [-0.2, 0) is 9.59 Å². The number of nitrogens with two attached hydrogens (primary N) is 1.